The standard InChI is InChI=1S/C37H47N5O5S/c1-40(2)48(45,46)39-35(43)23-10-14-29-32(16-23)42-21-37(36(44)38-24-17-25-11-12-26(18-24)41(25)3)20-31(37)30-19-27(47-4)13-15-28(30)34(42)33(29)22-8-6-5-7-9-22/h10,13-16,19,22,24-26,31H,5-9,11-12,17-18,20-21H2,1-4H3,(H,38,44)(H,39,43). The maximum absolute atomic E-state index is 14.6. The van der Waals surface area contributed by atoms with Crippen LogP contribution in [-0.4, -0.2) is 80.4 Å². The number of fused-ring (bicyclic) bond motifs is 9. The topological polar surface area (TPSA) is 113 Å². The average Bonchev–Trinajstić information content (AvgIpc) is 3.70. The first-order chi connectivity index (χ1) is 23.0. The van der Waals surface area contributed by atoms with Crippen LogP contribution in [0.1, 0.15) is 97.5 Å². The van der Waals surface area contributed by atoms with Crippen molar-refractivity contribution in [3.63, 3.8) is 0 Å². The largest absolute Gasteiger partial charge is 0.497 e. The van der Waals surface area contributed by atoms with Crippen LogP contribution in [0.3, 0.4) is 0 Å². The van der Waals surface area contributed by atoms with E-state index in [0.717, 1.165) is 69.9 Å². The summed E-state index contributed by atoms with van der Waals surface area (Å²) in [6.45, 7) is 0.500. The van der Waals surface area contributed by atoms with E-state index in [0.29, 0.717) is 24.5 Å². The van der Waals surface area contributed by atoms with Crippen molar-refractivity contribution in [1.82, 2.24) is 23.8 Å². The summed E-state index contributed by atoms with van der Waals surface area (Å²) in [5.41, 5.74) is 5.22. The Morgan fingerprint density at radius 2 is 1.71 bits per heavy atom. The predicted octanol–water partition coefficient (Wildman–Crippen LogP) is 5.13. The number of methoxy groups -OCH3 is 1. The van der Waals surface area contributed by atoms with Gasteiger partial charge in [-0.3, -0.25) is 9.59 Å². The molecule has 2 aliphatic carbocycles. The fourth-order valence-corrected chi connectivity index (χ4v) is 10.1. The van der Waals surface area contributed by atoms with E-state index in [1.54, 1.807) is 13.2 Å². The van der Waals surface area contributed by atoms with E-state index in [1.165, 1.54) is 51.8 Å². The van der Waals surface area contributed by atoms with Gasteiger partial charge in [-0.25, -0.2) is 4.72 Å². The van der Waals surface area contributed by atoms with Crippen molar-refractivity contribution in [3.05, 3.63) is 53.1 Å². The minimum absolute atomic E-state index is 0.0523. The highest BCUT2D eigenvalue weighted by Crippen LogP contribution is 2.65. The molecule has 3 aromatic rings. The Labute approximate surface area is 283 Å². The molecule has 4 atom stereocenters. The lowest BCUT2D eigenvalue weighted by atomic mass is 9.81. The molecule has 2 aromatic carbocycles. The summed E-state index contributed by atoms with van der Waals surface area (Å²) in [5, 5.41) is 4.62. The minimum atomic E-state index is -3.97. The molecule has 0 spiro atoms. The fraction of sp³-hybridized carbons (Fsp3) is 0.568. The van der Waals surface area contributed by atoms with Gasteiger partial charge in [0.1, 0.15) is 5.75 Å². The lowest BCUT2D eigenvalue weighted by Crippen LogP contribution is -2.50. The van der Waals surface area contributed by atoms with Gasteiger partial charge < -0.3 is 19.5 Å². The minimum Gasteiger partial charge on any atom is -0.497 e. The molecule has 11 heteroatoms. The van der Waals surface area contributed by atoms with E-state index < -0.39 is 21.5 Å². The molecule has 2 saturated carbocycles. The quantitative estimate of drug-likeness (QED) is 0.360. The van der Waals surface area contributed by atoms with Crippen LogP contribution in [0.15, 0.2) is 36.4 Å². The van der Waals surface area contributed by atoms with Gasteiger partial charge in [0.15, 0.2) is 0 Å². The number of amides is 2. The molecule has 8 rings (SSSR count). The fourth-order valence-electron chi connectivity index (χ4n) is 9.57. The van der Waals surface area contributed by atoms with E-state index in [2.05, 4.69) is 38.7 Å². The number of hydrogen-bond donors (Lipinski definition) is 2. The second-order valence-corrected chi connectivity index (χ2v) is 17.1. The van der Waals surface area contributed by atoms with Crippen LogP contribution in [-0.2, 0) is 21.5 Å². The molecule has 1 aromatic heterocycles. The summed E-state index contributed by atoms with van der Waals surface area (Å²) >= 11 is 0. The molecule has 10 nitrogen and oxygen atoms in total. The van der Waals surface area contributed by atoms with E-state index in [1.807, 2.05) is 18.2 Å². The number of hydrogen-bond acceptors (Lipinski definition) is 6. The Morgan fingerprint density at radius 1 is 0.979 bits per heavy atom. The number of nitrogens with one attached hydrogen (secondary N) is 2. The zero-order chi connectivity index (χ0) is 33.5. The third-order valence-electron chi connectivity index (χ3n) is 12.4. The van der Waals surface area contributed by atoms with Crippen LogP contribution in [0.25, 0.3) is 22.2 Å². The number of ether oxygens (including phenoxy) is 1. The molecule has 2 amide bonds. The Balaban J connectivity index is 1.26. The van der Waals surface area contributed by atoms with Gasteiger partial charge >= 0.3 is 10.2 Å². The molecule has 4 heterocycles. The monoisotopic (exact) mass is 673 g/mol. The van der Waals surface area contributed by atoms with E-state index in [9.17, 15) is 18.0 Å². The predicted molar refractivity (Wildman–Crippen MR) is 185 cm³/mol. The SMILES string of the molecule is COc1ccc2c(c1)C1CC1(C(=O)NC1CC3CCC(C1)N3C)Cn1c-2c(C2CCCCC2)c2ccc(C(=O)NS(=O)(=O)N(C)C)cc21. The van der Waals surface area contributed by atoms with Crippen molar-refractivity contribution in [3.8, 4) is 17.0 Å². The zero-order valence-electron chi connectivity index (χ0n) is 28.4. The highest BCUT2D eigenvalue weighted by molar-refractivity contribution is 7.87. The van der Waals surface area contributed by atoms with Gasteiger partial charge in [-0.15, -0.1) is 0 Å². The highest BCUT2D eigenvalue weighted by atomic mass is 32.2. The lowest BCUT2D eigenvalue weighted by molar-refractivity contribution is -0.128. The Kier molecular flexibility index (Phi) is 7.69. The molecule has 5 aliphatic rings. The highest BCUT2D eigenvalue weighted by Gasteiger charge is 2.63. The first kappa shape index (κ1) is 31.8. The molecule has 48 heavy (non-hydrogen) atoms. The van der Waals surface area contributed by atoms with Gasteiger partial charge in [0.2, 0.25) is 5.91 Å². The molecule has 4 unspecified atom stereocenters. The maximum atomic E-state index is 14.6. The average molecular weight is 674 g/mol. The van der Waals surface area contributed by atoms with Crippen LogP contribution in [0.5, 0.6) is 5.75 Å². The van der Waals surface area contributed by atoms with Crippen molar-refractivity contribution in [2.45, 2.75) is 101 Å². The number of benzene rings is 2. The molecule has 2 bridgehead atoms. The second kappa shape index (κ2) is 11.6. The summed E-state index contributed by atoms with van der Waals surface area (Å²) in [5.74, 6) is 0.640. The molecule has 4 fully saturated rings. The third kappa shape index (κ3) is 5.07. The number of aromatic nitrogens is 1. The third-order valence-corrected chi connectivity index (χ3v) is 13.8. The summed E-state index contributed by atoms with van der Waals surface area (Å²) in [4.78, 5) is 30.5. The van der Waals surface area contributed by atoms with E-state index in [-0.39, 0.29) is 23.4 Å². The summed E-state index contributed by atoms with van der Waals surface area (Å²) in [6, 6.07) is 13.1. The molecule has 256 valence electrons. The van der Waals surface area contributed by atoms with Crippen molar-refractivity contribution in [2.75, 3.05) is 28.3 Å². The number of piperidine rings is 1. The number of carbonyl (C=O) groups excluding carboxylic acids is 2. The first-order valence-corrected chi connectivity index (χ1v) is 19.1. The van der Waals surface area contributed by atoms with E-state index in [4.69, 9.17) is 4.74 Å². The second-order valence-electron chi connectivity index (χ2n) is 15.2. The summed E-state index contributed by atoms with van der Waals surface area (Å²) < 4.78 is 36.4. The van der Waals surface area contributed by atoms with Crippen LogP contribution < -0.4 is 14.8 Å². The van der Waals surface area contributed by atoms with Gasteiger partial charge in [-0.1, -0.05) is 25.3 Å². The van der Waals surface area contributed by atoms with Gasteiger partial charge in [-0.05, 0) is 99.4 Å². The summed E-state index contributed by atoms with van der Waals surface area (Å²) in [7, 11) is 2.72. The molecule has 2 N–H and O–H groups in total. The van der Waals surface area contributed by atoms with Gasteiger partial charge in [0, 0.05) is 66.7 Å². The first-order valence-electron chi connectivity index (χ1n) is 17.6. The lowest BCUT2D eigenvalue weighted by Gasteiger charge is -2.37. The van der Waals surface area contributed by atoms with Gasteiger partial charge in [0.25, 0.3) is 5.91 Å². The Bertz CT molecular complexity index is 1900. The van der Waals surface area contributed by atoms with Crippen molar-refractivity contribution >= 4 is 32.9 Å². The zero-order valence-corrected chi connectivity index (χ0v) is 29.2. The van der Waals surface area contributed by atoms with Crippen molar-refractivity contribution in [2.24, 2.45) is 5.41 Å². The molecular formula is C37H47N5O5S. The normalized spacial score (nSPS) is 28.4. The molecular weight excluding hydrogens is 627 g/mol. The Morgan fingerprint density at radius 3 is 2.40 bits per heavy atom. The van der Waals surface area contributed by atoms with Crippen LogP contribution in [0.2, 0.25) is 0 Å². The summed E-state index contributed by atoms with van der Waals surface area (Å²) in [6.07, 6.45) is 10.9. The number of nitrogens with zero attached hydrogens (tertiary/aromatic N) is 3. The van der Waals surface area contributed by atoms with Gasteiger partial charge in [-0.2, -0.15) is 12.7 Å². The van der Waals surface area contributed by atoms with E-state index >= 15 is 0 Å². The van der Waals surface area contributed by atoms with Crippen LogP contribution in [0.4, 0.5) is 0 Å². The maximum Gasteiger partial charge on any atom is 0.303 e. The van der Waals surface area contributed by atoms with Crippen LogP contribution >= 0.6 is 0 Å². The molecule has 3 aliphatic heterocycles. The Hall–Kier alpha value is -3.41. The van der Waals surface area contributed by atoms with Crippen molar-refractivity contribution in [1.29, 1.82) is 0 Å². The van der Waals surface area contributed by atoms with Gasteiger partial charge in [0.05, 0.1) is 18.2 Å². The molecule has 0 radical (unpaired) electrons. The number of carbonyl (C=O) groups is 2. The molecule has 2 saturated heterocycles. The smallest absolute Gasteiger partial charge is 0.303 e. The van der Waals surface area contributed by atoms with Crippen LogP contribution in [0, 0.1) is 5.41 Å². The number of rotatable bonds is 7. The van der Waals surface area contributed by atoms with Crippen molar-refractivity contribution < 1.29 is 22.7 Å².